The normalized spacial score (nSPS) is 16.0. The van der Waals surface area contributed by atoms with Crippen molar-refractivity contribution in [1.29, 1.82) is 0 Å². The molecule has 1 aromatic carbocycles. The molecule has 0 aliphatic carbocycles. The summed E-state index contributed by atoms with van der Waals surface area (Å²) >= 11 is 0. The molecule has 0 bridgehead atoms. The molecule has 3 rings (SSSR count). The molecule has 146 valence electrons. The van der Waals surface area contributed by atoms with E-state index in [9.17, 15) is 4.79 Å². The molecular weight excluding hydrogens is 344 g/mol. The molecule has 1 fully saturated rings. The zero-order valence-corrected chi connectivity index (χ0v) is 15.9. The number of unbranched alkanes of at least 4 members (excludes halogenated alkanes) is 1. The SMILES string of the molecule is CCCCOc1ccccc1C(=O)NC[C@@H](c1ccco1)N1CCOCC1. The number of para-hydroxylation sites is 1. The molecule has 0 radical (unpaired) electrons. The van der Waals surface area contributed by atoms with Gasteiger partial charge >= 0.3 is 0 Å². The smallest absolute Gasteiger partial charge is 0.255 e. The molecule has 1 atom stereocenters. The van der Waals surface area contributed by atoms with E-state index < -0.39 is 0 Å². The number of benzene rings is 1. The molecule has 2 heterocycles. The number of rotatable bonds is 9. The van der Waals surface area contributed by atoms with Crippen LogP contribution in [0, 0.1) is 0 Å². The summed E-state index contributed by atoms with van der Waals surface area (Å²) in [6, 6.07) is 11.2. The summed E-state index contributed by atoms with van der Waals surface area (Å²) in [6.07, 6.45) is 3.69. The molecule has 6 nitrogen and oxygen atoms in total. The van der Waals surface area contributed by atoms with E-state index in [0.29, 0.717) is 37.7 Å². The van der Waals surface area contributed by atoms with Crippen LogP contribution in [-0.2, 0) is 4.74 Å². The number of ether oxygens (including phenoxy) is 2. The van der Waals surface area contributed by atoms with Crippen LogP contribution in [0.25, 0.3) is 0 Å². The first-order chi connectivity index (χ1) is 13.3. The summed E-state index contributed by atoms with van der Waals surface area (Å²) < 4.78 is 16.9. The Balaban J connectivity index is 1.65. The number of morpholine rings is 1. The fraction of sp³-hybridized carbons (Fsp3) is 0.476. The molecule has 27 heavy (non-hydrogen) atoms. The van der Waals surface area contributed by atoms with Gasteiger partial charge in [-0.3, -0.25) is 9.69 Å². The van der Waals surface area contributed by atoms with Crippen molar-refractivity contribution in [2.75, 3.05) is 39.5 Å². The predicted molar refractivity (Wildman–Crippen MR) is 103 cm³/mol. The molecule has 0 spiro atoms. The standard InChI is InChI=1S/C21H28N2O4/c1-2-3-12-26-19-8-5-4-7-17(19)21(24)22-16-18(20-9-6-13-27-20)23-10-14-25-15-11-23/h4-9,13,18H,2-3,10-12,14-16H2,1H3,(H,22,24)/t18-/m0/s1. The van der Waals surface area contributed by atoms with E-state index in [4.69, 9.17) is 13.9 Å². The van der Waals surface area contributed by atoms with Crippen LogP contribution in [0.4, 0.5) is 0 Å². The van der Waals surface area contributed by atoms with Gasteiger partial charge in [0.15, 0.2) is 0 Å². The van der Waals surface area contributed by atoms with Gasteiger partial charge in [0.1, 0.15) is 11.5 Å². The van der Waals surface area contributed by atoms with Crippen molar-refractivity contribution in [3.8, 4) is 5.75 Å². The number of nitrogens with zero attached hydrogens (tertiary/aromatic N) is 1. The monoisotopic (exact) mass is 372 g/mol. The lowest BCUT2D eigenvalue weighted by molar-refractivity contribution is 0.0118. The number of carbonyl (C=O) groups is 1. The lowest BCUT2D eigenvalue weighted by Gasteiger charge is -2.33. The molecule has 1 aliphatic heterocycles. The van der Waals surface area contributed by atoms with Crippen LogP contribution in [0.2, 0.25) is 0 Å². The highest BCUT2D eigenvalue weighted by atomic mass is 16.5. The number of furan rings is 1. The Kier molecular flexibility index (Phi) is 7.30. The zero-order chi connectivity index (χ0) is 18.9. The van der Waals surface area contributed by atoms with Gasteiger partial charge in [0, 0.05) is 19.6 Å². The first-order valence-electron chi connectivity index (χ1n) is 9.65. The van der Waals surface area contributed by atoms with Crippen molar-refractivity contribution in [2.24, 2.45) is 0 Å². The predicted octanol–water partition coefficient (Wildman–Crippen LogP) is 3.26. The van der Waals surface area contributed by atoms with Crippen molar-refractivity contribution in [3.05, 3.63) is 54.0 Å². The molecule has 1 aliphatic rings. The third-order valence-electron chi connectivity index (χ3n) is 4.70. The van der Waals surface area contributed by atoms with E-state index in [1.807, 2.05) is 30.3 Å². The van der Waals surface area contributed by atoms with Crippen LogP contribution < -0.4 is 10.1 Å². The van der Waals surface area contributed by atoms with Crippen molar-refractivity contribution in [2.45, 2.75) is 25.8 Å². The van der Waals surface area contributed by atoms with Crippen LogP contribution in [-0.4, -0.2) is 50.3 Å². The van der Waals surface area contributed by atoms with E-state index in [1.54, 1.807) is 12.3 Å². The maximum Gasteiger partial charge on any atom is 0.255 e. The van der Waals surface area contributed by atoms with Gasteiger partial charge in [0.25, 0.3) is 5.91 Å². The van der Waals surface area contributed by atoms with Gasteiger partial charge in [0.05, 0.1) is 37.7 Å². The van der Waals surface area contributed by atoms with Gasteiger partial charge in [-0.15, -0.1) is 0 Å². The summed E-state index contributed by atoms with van der Waals surface area (Å²) in [4.78, 5) is 15.1. The van der Waals surface area contributed by atoms with Crippen LogP contribution >= 0.6 is 0 Å². The maximum atomic E-state index is 12.8. The summed E-state index contributed by atoms with van der Waals surface area (Å²) in [5.74, 6) is 1.35. The van der Waals surface area contributed by atoms with Crippen LogP contribution in [0.15, 0.2) is 47.1 Å². The van der Waals surface area contributed by atoms with E-state index in [1.165, 1.54) is 0 Å². The minimum Gasteiger partial charge on any atom is -0.493 e. The Morgan fingerprint density at radius 1 is 1.22 bits per heavy atom. The summed E-state index contributed by atoms with van der Waals surface area (Å²) in [5.41, 5.74) is 0.564. The molecule has 1 amide bonds. The molecule has 2 aromatic rings. The summed E-state index contributed by atoms with van der Waals surface area (Å²) in [6.45, 7) is 6.22. The van der Waals surface area contributed by atoms with Crippen molar-refractivity contribution in [1.82, 2.24) is 10.2 Å². The van der Waals surface area contributed by atoms with Gasteiger partial charge in [-0.05, 0) is 30.7 Å². The Morgan fingerprint density at radius 3 is 2.78 bits per heavy atom. The molecule has 0 unspecified atom stereocenters. The van der Waals surface area contributed by atoms with E-state index >= 15 is 0 Å². The molecule has 6 heteroatoms. The number of hydrogen-bond donors (Lipinski definition) is 1. The lowest BCUT2D eigenvalue weighted by Crippen LogP contribution is -2.43. The van der Waals surface area contributed by atoms with Gasteiger partial charge < -0.3 is 19.2 Å². The Labute approximate surface area is 160 Å². The fourth-order valence-corrected chi connectivity index (χ4v) is 3.17. The van der Waals surface area contributed by atoms with Crippen LogP contribution in [0.3, 0.4) is 0 Å². The Morgan fingerprint density at radius 2 is 2.04 bits per heavy atom. The van der Waals surface area contributed by atoms with Crippen molar-refractivity contribution >= 4 is 5.91 Å². The summed E-state index contributed by atoms with van der Waals surface area (Å²) in [7, 11) is 0. The minimum atomic E-state index is -0.132. The lowest BCUT2D eigenvalue weighted by atomic mass is 10.1. The first-order valence-corrected chi connectivity index (χ1v) is 9.65. The largest absolute Gasteiger partial charge is 0.493 e. The maximum absolute atomic E-state index is 12.8. The second kappa shape index (κ2) is 10.1. The number of amides is 1. The highest BCUT2D eigenvalue weighted by Crippen LogP contribution is 2.23. The second-order valence-corrected chi connectivity index (χ2v) is 6.59. The fourth-order valence-electron chi connectivity index (χ4n) is 3.17. The van der Waals surface area contributed by atoms with E-state index in [2.05, 4.69) is 17.1 Å². The molecule has 0 saturated carbocycles. The zero-order valence-electron chi connectivity index (χ0n) is 15.9. The van der Waals surface area contributed by atoms with E-state index in [-0.39, 0.29) is 11.9 Å². The summed E-state index contributed by atoms with van der Waals surface area (Å²) in [5, 5.41) is 3.05. The first kappa shape index (κ1) is 19.5. The topological polar surface area (TPSA) is 63.9 Å². The van der Waals surface area contributed by atoms with Crippen LogP contribution in [0.5, 0.6) is 5.75 Å². The average Bonchev–Trinajstić information content (AvgIpc) is 3.24. The van der Waals surface area contributed by atoms with Crippen molar-refractivity contribution in [3.63, 3.8) is 0 Å². The Hall–Kier alpha value is -2.31. The van der Waals surface area contributed by atoms with Gasteiger partial charge in [-0.25, -0.2) is 0 Å². The molecule has 1 saturated heterocycles. The number of nitrogens with one attached hydrogen (secondary N) is 1. The number of carbonyl (C=O) groups excluding carboxylic acids is 1. The van der Waals surface area contributed by atoms with Gasteiger partial charge in [-0.2, -0.15) is 0 Å². The van der Waals surface area contributed by atoms with Gasteiger partial charge in [-0.1, -0.05) is 25.5 Å². The molecule has 1 N–H and O–H groups in total. The van der Waals surface area contributed by atoms with Crippen LogP contribution in [0.1, 0.15) is 41.9 Å². The van der Waals surface area contributed by atoms with E-state index in [0.717, 1.165) is 31.7 Å². The average molecular weight is 372 g/mol. The number of hydrogen-bond acceptors (Lipinski definition) is 5. The third kappa shape index (κ3) is 5.34. The van der Waals surface area contributed by atoms with Crippen molar-refractivity contribution < 1.29 is 18.7 Å². The Bertz CT molecular complexity index is 696. The highest BCUT2D eigenvalue weighted by molar-refractivity contribution is 5.96. The highest BCUT2D eigenvalue weighted by Gasteiger charge is 2.25. The molecular formula is C21H28N2O4. The quantitative estimate of drug-likeness (QED) is 0.685. The second-order valence-electron chi connectivity index (χ2n) is 6.59. The third-order valence-corrected chi connectivity index (χ3v) is 4.70. The van der Waals surface area contributed by atoms with Gasteiger partial charge in [0.2, 0.25) is 0 Å². The minimum absolute atomic E-state index is 0.0129. The molecule has 1 aromatic heterocycles.